The van der Waals surface area contributed by atoms with Gasteiger partial charge in [-0.25, -0.2) is 13.1 Å². The average Bonchev–Trinajstić information content (AvgIpc) is 2.66. The summed E-state index contributed by atoms with van der Waals surface area (Å²) in [6.45, 7) is 5.65. The van der Waals surface area contributed by atoms with E-state index in [1.54, 1.807) is 12.1 Å². The van der Waals surface area contributed by atoms with Crippen molar-refractivity contribution in [1.29, 1.82) is 0 Å². The van der Waals surface area contributed by atoms with Gasteiger partial charge < -0.3 is 10.6 Å². The summed E-state index contributed by atoms with van der Waals surface area (Å²) in [5.74, 6) is 0. The van der Waals surface area contributed by atoms with Crippen molar-refractivity contribution in [2.75, 3.05) is 18.4 Å². The van der Waals surface area contributed by atoms with Crippen molar-refractivity contribution in [2.45, 2.75) is 50.1 Å². The second kappa shape index (κ2) is 7.24. The molecule has 3 N–H and O–H groups in total. The van der Waals surface area contributed by atoms with E-state index in [1.165, 1.54) is 0 Å². The quantitative estimate of drug-likeness (QED) is 0.777. The molecule has 0 spiro atoms. The van der Waals surface area contributed by atoms with Gasteiger partial charge in [-0.05, 0) is 58.3 Å². The van der Waals surface area contributed by atoms with Crippen LogP contribution in [0, 0.1) is 0 Å². The summed E-state index contributed by atoms with van der Waals surface area (Å²) in [5.41, 5.74) is 0.692. The molecule has 0 aromatic heterocycles. The average molecular weight is 311 g/mol. The Labute approximate surface area is 127 Å². The van der Waals surface area contributed by atoms with Crippen LogP contribution in [0.3, 0.4) is 0 Å². The van der Waals surface area contributed by atoms with E-state index in [-0.39, 0.29) is 6.04 Å². The molecule has 1 aliphatic heterocycles. The number of nitrogens with one attached hydrogen (secondary N) is 3. The zero-order chi connectivity index (χ0) is 15.3. The molecule has 1 aliphatic rings. The van der Waals surface area contributed by atoms with Crippen molar-refractivity contribution < 1.29 is 8.42 Å². The summed E-state index contributed by atoms with van der Waals surface area (Å²) < 4.78 is 27.5. The largest absolute Gasteiger partial charge is 0.381 e. The first-order chi connectivity index (χ1) is 9.99. The summed E-state index contributed by atoms with van der Waals surface area (Å²) in [6.07, 6.45) is 3.17. The molecular weight excluding hydrogens is 286 g/mol. The number of rotatable bonds is 5. The Morgan fingerprint density at radius 2 is 1.95 bits per heavy atom. The number of hydrogen-bond donors (Lipinski definition) is 3. The minimum absolute atomic E-state index is 0.120. The lowest BCUT2D eigenvalue weighted by molar-refractivity contribution is 0.569. The zero-order valence-electron chi connectivity index (χ0n) is 12.7. The second-order valence-electron chi connectivity index (χ2n) is 5.79. The first-order valence-electron chi connectivity index (χ1n) is 7.57. The van der Waals surface area contributed by atoms with Crippen LogP contribution in [0.5, 0.6) is 0 Å². The Kier molecular flexibility index (Phi) is 5.61. The van der Waals surface area contributed by atoms with Gasteiger partial charge in [0.25, 0.3) is 0 Å². The van der Waals surface area contributed by atoms with E-state index in [4.69, 9.17) is 0 Å². The monoisotopic (exact) mass is 311 g/mol. The summed E-state index contributed by atoms with van der Waals surface area (Å²) in [7, 11) is -3.48. The molecular formula is C15H25N3O2S. The normalized spacial score (nSPS) is 20.2. The molecule has 1 aromatic rings. The third-order valence-corrected chi connectivity index (χ3v) is 5.22. The van der Waals surface area contributed by atoms with Gasteiger partial charge >= 0.3 is 0 Å². The van der Waals surface area contributed by atoms with Gasteiger partial charge in [-0.15, -0.1) is 0 Å². The van der Waals surface area contributed by atoms with E-state index < -0.39 is 10.0 Å². The molecule has 21 heavy (non-hydrogen) atoms. The summed E-state index contributed by atoms with van der Waals surface area (Å²) in [4.78, 5) is 0.330. The van der Waals surface area contributed by atoms with Crippen LogP contribution in [0.2, 0.25) is 0 Å². The van der Waals surface area contributed by atoms with Gasteiger partial charge in [0.2, 0.25) is 10.0 Å². The maximum absolute atomic E-state index is 12.4. The zero-order valence-corrected chi connectivity index (χ0v) is 13.5. The molecule has 0 radical (unpaired) electrons. The SMILES string of the molecule is CC(C)NS(=O)(=O)c1ccccc1NC1CCCNCC1. The number of hydrogen-bond acceptors (Lipinski definition) is 4. The molecule has 0 saturated carbocycles. The van der Waals surface area contributed by atoms with E-state index in [1.807, 2.05) is 26.0 Å². The first kappa shape index (κ1) is 16.3. The standard InChI is InChI=1S/C15H25N3O2S/c1-12(2)18-21(19,20)15-8-4-3-7-14(15)17-13-6-5-10-16-11-9-13/h3-4,7-8,12-13,16-18H,5-6,9-11H2,1-2H3. The maximum Gasteiger partial charge on any atom is 0.242 e. The van der Waals surface area contributed by atoms with Crippen LogP contribution in [0.15, 0.2) is 29.2 Å². The van der Waals surface area contributed by atoms with Crippen molar-refractivity contribution in [2.24, 2.45) is 0 Å². The molecule has 0 bridgehead atoms. The molecule has 1 unspecified atom stereocenters. The van der Waals surface area contributed by atoms with Crippen LogP contribution in [0.1, 0.15) is 33.1 Å². The van der Waals surface area contributed by atoms with E-state index in [2.05, 4.69) is 15.4 Å². The molecule has 1 heterocycles. The highest BCUT2D eigenvalue weighted by atomic mass is 32.2. The van der Waals surface area contributed by atoms with Gasteiger partial charge in [0.1, 0.15) is 4.90 Å². The summed E-state index contributed by atoms with van der Waals surface area (Å²) in [6, 6.07) is 7.32. The lowest BCUT2D eigenvalue weighted by atomic mass is 10.1. The van der Waals surface area contributed by atoms with Crippen LogP contribution in [-0.4, -0.2) is 33.6 Å². The van der Waals surface area contributed by atoms with E-state index in [9.17, 15) is 8.42 Å². The third-order valence-electron chi connectivity index (χ3n) is 3.50. The molecule has 0 aliphatic carbocycles. The van der Waals surface area contributed by atoms with Crippen LogP contribution >= 0.6 is 0 Å². The van der Waals surface area contributed by atoms with Crippen molar-refractivity contribution in [3.05, 3.63) is 24.3 Å². The van der Waals surface area contributed by atoms with Gasteiger partial charge in [-0.3, -0.25) is 0 Å². The maximum atomic E-state index is 12.4. The number of sulfonamides is 1. The summed E-state index contributed by atoms with van der Waals surface area (Å²) >= 11 is 0. The van der Waals surface area contributed by atoms with E-state index in [0.717, 1.165) is 32.4 Å². The third kappa shape index (κ3) is 4.69. The Morgan fingerprint density at radius 1 is 1.19 bits per heavy atom. The predicted molar refractivity (Wildman–Crippen MR) is 86.0 cm³/mol. The van der Waals surface area contributed by atoms with Crippen LogP contribution < -0.4 is 15.4 Å². The van der Waals surface area contributed by atoms with E-state index in [0.29, 0.717) is 16.6 Å². The van der Waals surface area contributed by atoms with Crippen molar-refractivity contribution >= 4 is 15.7 Å². The van der Waals surface area contributed by atoms with Gasteiger partial charge in [0.15, 0.2) is 0 Å². The van der Waals surface area contributed by atoms with Gasteiger partial charge in [-0.2, -0.15) is 0 Å². The van der Waals surface area contributed by atoms with Crippen LogP contribution in [0.25, 0.3) is 0 Å². The molecule has 1 aromatic carbocycles. The highest BCUT2D eigenvalue weighted by Crippen LogP contribution is 2.23. The Hall–Kier alpha value is -1.11. The van der Waals surface area contributed by atoms with Crippen molar-refractivity contribution in [3.8, 4) is 0 Å². The fraction of sp³-hybridized carbons (Fsp3) is 0.600. The highest BCUT2D eigenvalue weighted by molar-refractivity contribution is 7.89. The fourth-order valence-electron chi connectivity index (χ4n) is 2.58. The molecule has 1 saturated heterocycles. The smallest absolute Gasteiger partial charge is 0.242 e. The number of benzene rings is 1. The predicted octanol–water partition coefficient (Wildman–Crippen LogP) is 1.93. The molecule has 0 amide bonds. The Bertz CT molecular complexity index is 550. The molecule has 6 heteroatoms. The van der Waals surface area contributed by atoms with Gasteiger partial charge in [0, 0.05) is 12.1 Å². The molecule has 1 fully saturated rings. The molecule has 2 rings (SSSR count). The molecule has 1 atom stereocenters. The Balaban J connectivity index is 2.20. The van der Waals surface area contributed by atoms with Gasteiger partial charge in [-0.1, -0.05) is 12.1 Å². The molecule has 5 nitrogen and oxygen atoms in total. The number of para-hydroxylation sites is 1. The van der Waals surface area contributed by atoms with E-state index >= 15 is 0 Å². The highest BCUT2D eigenvalue weighted by Gasteiger charge is 2.21. The lowest BCUT2D eigenvalue weighted by Crippen LogP contribution is -2.31. The van der Waals surface area contributed by atoms with Gasteiger partial charge in [0.05, 0.1) is 5.69 Å². The lowest BCUT2D eigenvalue weighted by Gasteiger charge is -2.20. The topological polar surface area (TPSA) is 70.2 Å². The summed E-state index contributed by atoms with van der Waals surface area (Å²) in [5, 5.41) is 6.77. The minimum atomic E-state index is -3.48. The second-order valence-corrected chi connectivity index (χ2v) is 7.48. The first-order valence-corrected chi connectivity index (χ1v) is 9.06. The minimum Gasteiger partial charge on any atom is -0.381 e. The Morgan fingerprint density at radius 3 is 2.71 bits per heavy atom. The van der Waals surface area contributed by atoms with Crippen molar-refractivity contribution in [3.63, 3.8) is 0 Å². The van der Waals surface area contributed by atoms with Crippen molar-refractivity contribution in [1.82, 2.24) is 10.0 Å². The van der Waals surface area contributed by atoms with Crippen LogP contribution in [0.4, 0.5) is 5.69 Å². The molecule has 118 valence electrons. The van der Waals surface area contributed by atoms with Crippen LogP contribution in [-0.2, 0) is 10.0 Å². The fourth-order valence-corrected chi connectivity index (χ4v) is 4.00. The number of anilines is 1.